The molecule has 16 heavy (non-hydrogen) atoms. The number of ether oxygens (including phenoxy) is 1. The Kier molecular flexibility index (Phi) is 4.44. The number of carbonyl (C=O) groups excluding carboxylic acids is 1. The summed E-state index contributed by atoms with van der Waals surface area (Å²) in [4.78, 5) is 23.7. The van der Waals surface area contributed by atoms with Crippen molar-refractivity contribution in [3.63, 3.8) is 0 Å². The van der Waals surface area contributed by atoms with Crippen LogP contribution in [0.4, 0.5) is 0 Å². The average Bonchev–Trinajstić information content (AvgIpc) is 2.58. The van der Waals surface area contributed by atoms with Crippen LogP contribution in [0.5, 0.6) is 0 Å². The van der Waals surface area contributed by atoms with Gasteiger partial charge >= 0.3 is 5.97 Å². The maximum atomic E-state index is 11.0. The molecule has 1 aliphatic rings. The first-order valence-electron chi connectivity index (χ1n) is 5.51. The number of nitrogens with zero attached hydrogens (tertiary/aromatic N) is 1. The van der Waals surface area contributed by atoms with E-state index in [1.807, 2.05) is 18.7 Å². The molecular weight excluding hydrogens is 210 g/mol. The van der Waals surface area contributed by atoms with Gasteiger partial charge in [0.2, 0.25) is 0 Å². The Balaban J connectivity index is 2.55. The van der Waals surface area contributed by atoms with Crippen LogP contribution >= 0.6 is 0 Å². The predicted octanol–water partition coefficient (Wildman–Crippen LogP) is 0.528. The number of carboxylic acids is 1. The highest BCUT2D eigenvalue weighted by Crippen LogP contribution is 2.22. The summed E-state index contributed by atoms with van der Waals surface area (Å²) in [6, 6.07) is -0.316. The third-order valence-corrected chi connectivity index (χ3v) is 2.77. The fourth-order valence-corrected chi connectivity index (χ4v) is 1.99. The molecule has 0 aromatic heterocycles. The van der Waals surface area contributed by atoms with Gasteiger partial charge in [-0.15, -0.1) is 0 Å². The Labute approximate surface area is 95.4 Å². The SMILES string of the molecule is CC(=O)CO[C@H]1C[C@@H](C(=O)O)N(C(C)C)C1. The molecule has 1 N–H and O–H groups in total. The van der Waals surface area contributed by atoms with Crippen molar-refractivity contribution in [1.29, 1.82) is 0 Å². The molecule has 0 aliphatic carbocycles. The number of carbonyl (C=O) groups is 2. The average molecular weight is 229 g/mol. The van der Waals surface area contributed by atoms with Gasteiger partial charge in [0.05, 0.1) is 6.10 Å². The van der Waals surface area contributed by atoms with Gasteiger partial charge in [-0.25, -0.2) is 0 Å². The summed E-state index contributed by atoms with van der Waals surface area (Å²) in [5, 5.41) is 9.06. The second kappa shape index (κ2) is 5.41. The summed E-state index contributed by atoms with van der Waals surface area (Å²) in [6.07, 6.45) is 0.313. The van der Waals surface area contributed by atoms with Crippen LogP contribution in [0.2, 0.25) is 0 Å². The number of likely N-dealkylation sites (tertiary alicyclic amines) is 1. The maximum absolute atomic E-state index is 11.0. The van der Waals surface area contributed by atoms with E-state index < -0.39 is 12.0 Å². The summed E-state index contributed by atoms with van der Waals surface area (Å²) in [6.45, 7) is 6.04. The molecule has 0 aromatic carbocycles. The lowest BCUT2D eigenvalue weighted by Gasteiger charge is -2.24. The molecule has 1 saturated heterocycles. The molecule has 0 bridgehead atoms. The molecule has 92 valence electrons. The third-order valence-electron chi connectivity index (χ3n) is 2.77. The lowest BCUT2D eigenvalue weighted by Crippen LogP contribution is -2.40. The zero-order valence-corrected chi connectivity index (χ0v) is 9.97. The summed E-state index contributed by atoms with van der Waals surface area (Å²) < 4.78 is 5.37. The van der Waals surface area contributed by atoms with Crippen LogP contribution in [0.3, 0.4) is 0 Å². The Hall–Kier alpha value is -0.940. The number of Topliss-reactive ketones (excluding diaryl/α,β-unsaturated/α-hetero) is 1. The van der Waals surface area contributed by atoms with Crippen molar-refractivity contribution in [3.05, 3.63) is 0 Å². The van der Waals surface area contributed by atoms with E-state index >= 15 is 0 Å². The first kappa shape index (κ1) is 13.1. The molecule has 1 fully saturated rings. The molecule has 0 radical (unpaired) electrons. The quantitative estimate of drug-likeness (QED) is 0.744. The first-order valence-corrected chi connectivity index (χ1v) is 5.51. The molecule has 1 heterocycles. The van der Waals surface area contributed by atoms with Gasteiger partial charge in [0, 0.05) is 19.0 Å². The minimum Gasteiger partial charge on any atom is -0.480 e. The summed E-state index contributed by atoms with van der Waals surface area (Å²) in [7, 11) is 0. The van der Waals surface area contributed by atoms with Crippen molar-refractivity contribution in [1.82, 2.24) is 4.90 Å². The molecule has 1 rings (SSSR count). The standard InChI is InChI=1S/C11H19NO4/c1-7(2)12-5-9(16-6-8(3)13)4-10(12)11(14)15/h7,9-10H,4-6H2,1-3H3,(H,14,15)/t9-,10-/m0/s1. The second-order valence-electron chi connectivity index (χ2n) is 4.52. The van der Waals surface area contributed by atoms with E-state index in [1.54, 1.807) is 0 Å². The number of aliphatic carboxylic acids is 1. The fourth-order valence-electron chi connectivity index (χ4n) is 1.99. The van der Waals surface area contributed by atoms with Gasteiger partial charge in [-0.1, -0.05) is 0 Å². The highest BCUT2D eigenvalue weighted by Gasteiger charge is 2.38. The van der Waals surface area contributed by atoms with Crippen LogP contribution in [-0.4, -0.2) is 53.1 Å². The van der Waals surface area contributed by atoms with Crippen LogP contribution in [0.15, 0.2) is 0 Å². The van der Waals surface area contributed by atoms with Crippen molar-refractivity contribution < 1.29 is 19.4 Å². The van der Waals surface area contributed by atoms with E-state index in [-0.39, 0.29) is 24.5 Å². The minimum absolute atomic E-state index is 0.0325. The smallest absolute Gasteiger partial charge is 0.321 e. The normalized spacial score (nSPS) is 26.2. The molecule has 1 aliphatic heterocycles. The number of carboxylic acid groups (broad SMARTS) is 1. The van der Waals surface area contributed by atoms with E-state index in [0.717, 1.165) is 0 Å². The zero-order chi connectivity index (χ0) is 12.3. The molecule has 5 heteroatoms. The summed E-state index contributed by atoms with van der Waals surface area (Å²) in [5.41, 5.74) is 0. The first-order chi connectivity index (χ1) is 7.41. The van der Waals surface area contributed by atoms with Gasteiger partial charge in [0.1, 0.15) is 12.6 Å². The van der Waals surface area contributed by atoms with Gasteiger partial charge in [0.25, 0.3) is 0 Å². The largest absolute Gasteiger partial charge is 0.480 e. The molecule has 0 saturated carbocycles. The van der Waals surface area contributed by atoms with E-state index in [0.29, 0.717) is 13.0 Å². The molecule has 0 aromatic rings. The predicted molar refractivity (Wildman–Crippen MR) is 58.3 cm³/mol. The number of hydrogen-bond acceptors (Lipinski definition) is 4. The van der Waals surface area contributed by atoms with E-state index in [2.05, 4.69) is 0 Å². The number of ketones is 1. The summed E-state index contributed by atoms with van der Waals surface area (Å²) in [5.74, 6) is -0.850. The third kappa shape index (κ3) is 3.28. The number of rotatable bonds is 5. The fraction of sp³-hybridized carbons (Fsp3) is 0.818. The topological polar surface area (TPSA) is 66.8 Å². The minimum atomic E-state index is -0.817. The van der Waals surface area contributed by atoms with Crippen molar-refractivity contribution in [2.45, 2.75) is 45.4 Å². The van der Waals surface area contributed by atoms with Crippen LogP contribution < -0.4 is 0 Å². The molecular formula is C11H19NO4. The highest BCUT2D eigenvalue weighted by molar-refractivity contribution is 5.76. The van der Waals surface area contributed by atoms with E-state index in [9.17, 15) is 9.59 Å². The van der Waals surface area contributed by atoms with Crippen LogP contribution in [0.1, 0.15) is 27.2 Å². The zero-order valence-electron chi connectivity index (χ0n) is 9.97. The molecule has 2 atom stereocenters. The van der Waals surface area contributed by atoms with Crippen LogP contribution in [0.25, 0.3) is 0 Å². The van der Waals surface area contributed by atoms with E-state index in [4.69, 9.17) is 9.84 Å². The summed E-state index contributed by atoms with van der Waals surface area (Å²) >= 11 is 0. The van der Waals surface area contributed by atoms with Gasteiger partial charge in [-0.2, -0.15) is 0 Å². The van der Waals surface area contributed by atoms with Gasteiger partial charge in [0.15, 0.2) is 5.78 Å². The van der Waals surface area contributed by atoms with Crippen molar-refractivity contribution in [3.8, 4) is 0 Å². The van der Waals surface area contributed by atoms with Gasteiger partial charge < -0.3 is 9.84 Å². The van der Waals surface area contributed by atoms with Gasteiger partial charge in [-0.05, 0) is 20.8 Å². The highest BCUT2D eigenvalue weighted by atomic mass is 16.5. The van der Waals surface area contributed by atoms with Crippen LogP contribution in [0, 0.1) is 0 Å². The molecule has 0 amide bonds. The second-order valence-corrected chi connectivity index (χ2v) is 4.52. The van der Waals surface area contributed by atoms with Crippen LogP contribution in [-0.2, 0) is 14.3 Å². The lowest BCUT2D eigenvalue weighted by molar-refractivity contribution is -0.142. The van der Waals surface area contributed by atoms with E-state index in [1.165, 1.54) is 6.92 Å². The Morgan fingerprint density at radius 3 is 2.50 bits per heavy atom. The Morgan fingerprint density at radius 1 is 1.50 bits per heavy atom. The van der Waals surface area contributed by atoms with Crippen molar-refractivity contribution >= 4 is 11.8 Å². The molecule has 0 spiro atoms. The Morgan fingerprint density at radius 2 is 2.12 bits per heavy atom. The lowest BCUT2D eigenvalue weighted by atomic mass is 10.2. The maximum Gasteiger partial charge on any atom is 0.321 e. The molecule has 5 nitrogen and oxygen atoms in total. The van der Waals surface area contributed by atoms with Gasteiger partial charge in [-0.3, -0.25) is 14.5 Å². The molecule has 0 unspecified atom stereocenters. The number of hydrogen-bond donors (Lipinski definition) is 1. The Bertz CT molecular complexity index is 277. The van der Waals surface area contributed by atoms with Crippen molar-refractivity contribution in [2.24, 2.45) is 0 Å². The monoisotopic (exact) mass is 229 g/mol. The van der Waals surface area contributed by atoms with Crippen molar-refractivity contribution in [2.75, 3.05) is 13.2 Å².